The fraction of sp³-hybridized carbons (Fsp3) is 0.417. The van der Waals surface area contributed by atoms with E-state index in [1.54, 1.807) is 4.90 Å². The number of hydrogen-bond acceptors (Lipinski definition) is 4. The average Bonchev–Trinajstić information content (AvgIpc) is 2.71. The molecule has 1 N–H and O–H groups in total. The molecule has 6 nitrogen and oxygen atoms in total. The minimum atomic E-state index is -0.380. The van der Waals surface area contributed by atoms with Gasteiger partial charge in [-0.3, -0.25) is 9.59 Å². The Hall–Kier alpha value is -2.93. The first kappa shape index (κ1) is 24.3. The van der Waals surface area contributed by atoms with Crippen LogP contribution in [0.15, 0.2) is 42.5 Å². The van der Waals surface area contributed by atoms with Crippen molar-refractivity contribution in [3.8, 4) is 0 Å². The molecule has 1 atom stereocenters. The molecule has 0 aliphatic rings. The minimum absolute atomic E-state index is 0.0374. The standard InChI is InChI=1S/C24H32FN3O3/c1-16(2)17(3)28(24(30)18-7-9-20(25)10-8-18)14-19-13-21(26-23(29)15-31-6)11-12-22(19)27(4)5/h7-13,16-17H,14-15H2,1-6H3,(H,26,29)/t17-/m0/s1. The van der Waals surface area contributed by atoms with E-state index < -0.39 is 0 Å². The number of amides is 2. The highest BCUT2D eigenvalue weighted by Crippen LogP contribution is 2.27. The van der Waals surface area contributed by atoms with E-state index in [9.17, 15) is 14.0 Å². The van der Waals surface area contributed by atoms with Crippen molar-refractivity contribution in [2.45, 2.75) is 33.4 Å². The molecule has 0 saturated carbocycles. The third-order valence-electron chi connectivity index (χ3n) is 5.27. The summed E-state index contributed by atoms with van der Waals surface area (Å²) in [6, 6.07) is 11.2. The highest BCUT2D eigenvalue weighted by atomic mass is 19.1. The van der Waals surface area contributed by atoms with Crippen LogP contribution in [-0.4, -0.2) is 50.6 Å². The lowest BCUT2D eigenvalue weighted by Gasteiger charge is -2.33. The summed E-state index contributed by atoms with van der Waals surface area (Å²) in [4.78, 5) is 29.0. The van der Waals surface area contributed by atoms with Gasteiger partial charge in [-0.2, -0.15) is 0 Å². The number of anilines is 2. The summed E-state index contributed by atoms with van der Waals surface area (Å²) >= 11 is 0. The van der Waals surface area contributed by atoms with Crippen molar-refractivity contribution >= 4 is 23.2 Å². The SMILES string of the molecule is COCC(=O)Nc1ccc(N(C)C)c(CN(C(=O)c2ccc(F)cc2)[C@@H](C)C(C)C)c1. The van der Waals surface area contributed by atoms with Gasteiger partial charge >= 0.3 is 0 Å². The maximum absolute atomic E-state index is 13.4. The molecule has 0 bridgehead atoms. The van der Waals surface area contributed by atoms with Crippen LogP contribution < -0.4 is 10.2 Å². The summed E-state index contributed by atoms with van der Waals surface area (Å²) in [6.45, 7) is 6.43. The van der Waals surface area contributed by atoms with Gasteiger partial charge in [0.05, 0.1) is 0 Å². The second kappa shape index (κ2) is 10.9. The summed E-state index contributed by atoms with van der Waals surface area (Å²) in [5.41, 5.74) is 2.90. The number of benzene rings is 2. The molecule has 2 aromatic carbocycles. The Morgan fingerprint density at radius 3 is 2.26 bits per heavy atom. The summed E-state index contributed by atoms with van der Waals surface area (Å²) in [6.07, 6.45) is 0. The Morgan fingerprint density at radius 1 is 1.06 bits per heavy atom. The van der Waals surface area contributed by atoms with E-state index in [0.717, 1.165) is 11.3 Å². The third-order valence-corrected chi connectivity index (χ3v) is 5.27. The molecular formula is C24H32FN3O3. The lowest BCUT2D eigenvalue weighted by Crippen LogP contribution is -2.41. The normalized spacial score (nSPS) is 11.9. The molecule has 0 unspecified atom stereocenters. The quantitative estimate of drug-likeness (QED) is 0.650. The van der Waals surface area contributed by atoms with Gasteiger partial charge < -0.3 is 19.9 Å². The van der Waals surface area contributed by atoms with Crippen molar-refractivity contribution in [1.29, 1.82) is 0 Å². The molecule has 0 heterocycles. The summed E-state index contributed by atoms with van der Waals surface area (Å²) in [5, 5.41) is 2.81. The van der Waals surface area contributed by atoms with Gasteiger partial charge in [-0.05, 0) is 60.9 Å². The van der Waals surface area contributed by atoms with Crippen LogP contribution >= 0.6 is 0 Å². The third kappa shape index (κ3) is 6.52. The van der Waals surface area contributed by atoms with Crippen LogP contribution in [0.3, 0.4) is 0 Å². The van der Waals surface area contributed by atoms with Crippen LogP contribution in [0.2, 0.25) is 0 Å². The summed E-state index contributed by atoms with van der Waals surface area (Å²) in [5.74, 6) is -0.577. The van der Waals surface area contributed by atoms with E-state index in [2.05, 4.69) is 19.2 Å². The maximum Gasteiger partial charge on any atom is 0.254 e. The number of rotatable bonds is 9. The van der Waals surface area contributed by atoms with Crippen molar-refractivity contribution in [3.63, 3.8) is 0 Å². The molecule has 0 radical (unpaired) electrons. The van der Waals surface area contributed by atoms with Crippen molar-refractivity contribution in [1.82, 2.24) is 4.90 Å². The molecular weight excluding hydrogens is 397 g/mol. The molecule has 2 rings (SSSR count). The zero-order valence-electron chi connectivity index (χ0n) is 19.1. The minimum Gasteiger partial charge on any atom is -0.377 e. The van der Waals surface area contributed by atoms with Crippen molar-refractivity contribution in [2.75, 3.05) is 38.0 Å². The number of nitrogens with zero attached hydrogens (tertiary/aromatic N) is 2. The maximum atomic E-state index is 13.4. The van der Waals surface area contributed by atoms with E-state index in [-0.39, 0.29) is 36.2 Å². The van der Waals surface area contributed by atoms with Gasteiger partial charge in [0, 0.05) is 50.7 Å². The number of carbonyl (C=O) groups excluding carboxylic acids is 2. The Kier molecular flexibility index (Phi) is 8.56. The van der Waals surface area contributed by atoms with E-state index in [1.165, 1.54) is 31.4 Å². The van der Waals surface area contributed by atoms with Gasteiger partial charge in [0.15, 0.2) is 0 Å². The molecule has 0 spiro atoms. The second-order valence-electron chi connectivity index (χ2n) is 8.14. The Bertz CT molecular complexity index is 897. The first-order chi connectivity index (χ1) is 14.6. The molecule has 0 aliphatic heterocycles. The Morgan fingerprint density at radius 2 is 1.71 bits per heavy atom. The molecule has 0 aromatic heterocycles. The lowest BCUT2D eigenvalue weighted by atomic mass is 10.0. The number of carbonyl (C=O) groups is 2. The van der Waals surface area contributed by atoms with Crippen LogP contribution in [0.5, 0.6) is 0 Å². The number of methoxy groups -OCH3 is 1. The van der Waals surface area contributed by atoms with Gasteiger partial charge in [-0.15, -0.1) is 0 Å². The first-order valence-electron chi connectivity index (χ1n) is 10.3. The van der Waals surface area contributed by atoms with E-state index in [0.29, 0.717) is 17.8 Å². The van der Waals surface area contributed by atoms with Crippen LogP contribution in [0.1, 0.15) is 36.7 Å². The smallest absolute Gasteiger partial charge is 0.254 e. The van der Waals surface area contributed by atoms with Crippen molar-refractivity contribution < 1.29 is 18.7 Å². The van der Waals surface area contributed by atoms with Gasteiger partial charge in [0.2, 0.25) is 5.91 Å². The predicted octanol–water partition coefficient (Wildman–Crippen LogP) is 4.16. The van der Waals surface area contributed by atoms with E-state index in [4.69, 9.17) is 4.74 Å². The summed E-state index contributed by atoms with van der Waals surface area (Å²) in [7, 11) is 5.33. The van der Waals surface area contributed by atoms with Crippen molar-refractivity contribution in [2.24, 2.45) is 5.92 Å². The lowest BCUT2D eigenvalue weighted by molar-refractivity contribution is -0.119. The number of hydrogen-bond donors (Lipinski definition) is 1. The van der Waals surface area contributed by atoms with Crippen LogP contribution in [-0.2, 0) is 16.1 Å². The molecule has 31 heavy (non-hydrogen) atoms. The predicted molar refractivity (Wildman–Crippen MR) is 122 cm³/mol. The van der Waals surface area contributed by atoms with Gasteiger partial charge in [0.1, 0.15) is 12.4 Å². The molecule has 7 heteroatoms. The van der Waals surface area contributed by atoms with Gasteiger partial charge in [0.25, 0.3) is 5.91 Å². The van der Waals surface area contributed by atoms with Crippen molar-refractivity contribution in [3.05, 3.63) is 59.4 Å². The van der Waals surface area contributed by atoms with Crippen LogP contribution in [0.4, 0.5) is 15.8 Å². The van der Waals surface area contributed by atoms with Gasteiger partial charge in [-0.1, -0.05) is 13.8 Å². The van der Waals surface area contributed by atoms with Crippen LogP contribution in [0.25, 0.3) is 0 Å². The second-order valence-corrected chi connectivity index (χ2v) is 8.14. The Balaban J connectivity index is 2.42. The molecule has 168 valence electrons. The number of halogens is 1. The fourth-order valence-electron chi connectivity index (χ4n) is 3.26. The zero-order valence-corrected chi connectivity index (χ0v) is 19.1. The number of nitrogens with one attached hydrogen (secondary N) is 1. The van der Waals surface area contributed by atoms with Gasteiger partial charge in [-0.25, -0.2) is 4.39 Å². The highest BCUT2D eigenvalue weighted by Gasteiger charge is 2.25. The van der Waals surface area contributed by atoms with Crippen LogP contribution in [0, 0.1) is 11.7 Å². The topological polar surface area (TPSA) is 61.9 Å². The molecule has 0 fully saturated rings. The zero-order chi connectivity index (χ0) is 23.1. The Labute approximate surface area is 184 Å². The monoisotopic (exact) mass is 429 g/mol. The largest absolute Gasteiger partial charge is 0.377 e. The summed E-state index contributed by atoms with van der Waals surface area (Å²) < 4.78 is 18.2. The molecule has 0 aliphatic carbocycles. The first-order valence-corrected chi connectivity index (χ1v) is 10.3. The van der Waals surface area contributed by atoms with E-state index in [1.807, 2.05) is 44.1 Å². The average molecular weight is 430 g/mol. The molecule has 0 saturated heterocycles. The molecule has 2 aromatic rings. The fourth-order valence-corrected chi connectivity index (χ4v) is 3.26. The number of ether oxygens (including phenoxy) is 1. The molecule has 2 amide bonds. The highest BCUT2D eigenvalue weighted by molar-refractivity contribution is 5.95. The van der Waals surface area contributed by atoms with E-state index >= 15 is 0 Å².